The van der Waals surface area contributed by atoms with E-state index < -0.39 is 0 Å². The molecule has 106 valence electrons. The molecular formula is C14H20BrFN2O. The quantitative estimate of drug-likeness (QED) is 0.894. The van der Waals surface area contributed by atoms with Gasteiger partial charge < -0.3 is 15.0 Å². The zero-order valence-electron chi connectivity index (χ0n) is 11.2. The molecule has 5 heteroatoms. The van der Waals surface area contributed by atoms with Gasteiger partial charge in [-0.25, -0.2) is 4.39 Å². The molecule has 0 bridgehead atoms. The molecule has 1 aliphatic rings. The summed E-state index contributed by atoms with van der Waals surface area (Å²) in [5.41, 5.74) is 0.758. The van der Waals surface area contributed by atoms with Crippen LogP contribution in [0.2, 0.25) is 0 Å². The predicted molar refractivity (Wildman–Crippen MR) is 77.9 cm³/mol. The van der Waals surface area contributed by atoms with Crippen LogP contribution in [-0.2, 0) is 11.2 Å². The number of nitrogens with one attached hydrogen (secondary N) is 1. The van der Waals surface area contributed by atoms with E-state index in [2.05, 4.69) is 33.2 Å². The van der Waals surface area contributed by atoms with Gasteiger partial charge in [-0.05, 0) is 37.2 Å². The fraction of sp³-hybridized carbons (Fsp3) is 0.571. The molecule has 0 amide bonds. The van der Waals surface area contributed by atoms with Gasteiger partial charge in [0, 0.05) is 30.1 Å². The molecular weight excluding hydrogens is 311 g/mol. The number of nitrogens with zero attached hydrogens (tertiary/aromatic N) is 1. The molecule has 0 radical (unpaired) electrons. The third kappa shape index (κ3) is 4.84. The molecule has 1 saturated heterocycles. The van der Waals surface area contributed by atoms with Crippen molar-refractivity contribution in [1.82, 2.24) is 10.2 Å². The SMILES string of the molecule is CN(CCc1cc(Br)ccc1F)CC1COCCN1. The summed E-state index contributed by atoms with van der Waals surface area (Å²) in [4.78, 5) is 2.21. The van der Waals surface area contributed by atoms with Crippen molar-refractivity contribution >= 4 is 15.9 Å². The lowest BCUT2D eigenvalue weighted by Gasteiger charge is -2.28. The predicted octanol–water partition coefficient (Wildman–Crippen LogP) is 2.05. The summed E-state index contributed by atoms with van der Waals surface area (Å²) >= 11 is 3.38. The summed E-state index contributed by atoms with van der Waals surface area (Å²) in [6, 6.07) is 5.47. The van der Waals surface area contributed by atoms with E-state index >= 15 is 0 Å². The van der Waals surface area contributed by atoms with Crippen LogP contribution in [0.4, 0.5) is 4.39 Å². The Balaban J connectivity index is 1.79. The molecule has 19 heavy (non-hydrogen) atoms. The van der Waals surface area contributed by atoms with Crippen LogP contribution in [0.5, 0.6) is 0 Å². The van der Waals surface area contributed by atoms with Gasteiger partial charge in [0.05, 0.1) is 13.2 Å². The van der Waals surface area contributed by atoms with Crippen LogP contribution < -0.4 is 5.32 Å². The van der Waals surface area contributed by atoms with Crippen molar-refractivity contribution in [1.29, 1.82) is 0 Å². The van der Waals surface area contributed by atoms with Crippen molar-refractivity contribution in [3.05, 3.63) is 34.1 Å². The summed E-state index contributed by atoms with van der Waals surface area (Å²) < 4.78 is 20.0. The number of likely N-dealkylation sites (N-methyl/N-ethyl adjacent to an activating group) is 1. The summed E-state index contributed by atoms with van der Waals surface area (Å²) in [6.07, 6.45) is 0.718. The van der Waals surface area contributed by atoms with Gasteiger partial charge in [-0.3, -0.25) is 0 Å². The molecule has 1 aromatic rings. The van der Waals surface area contributed by atoms with Crippen molar-refractivity contribution in [3.63, 3.8) is 0 Å². The Kier molecular flexibility index (Phi) is 5.76. The van der Waals surface area contributed by atoms with Crippen molar-refractivity contribution < 1.29 is 9.13 Å². The molecule has 1 N–H and O–H groups in total. The first-order valence-corrected chi connectivity index (χ1v) is 7.38. The van der Waals surface area contributed by atoms with Crippen LogP contribution in [0.3, 0.4) is 0 Å². The van der Waals surface area contributed by atoms with Gasteiger partial charge in [-0.2, -0.15) is 0 Å². The van der Waals surface area contributed by atoms with Crippen molar-refractivity contribution in [2.45, 2.75) is 12.5 Å². The van der Waals surface area contributed by atoms with Gasteiger partial charge in [-0.1, -0.05) is 15.9 Å². The van der Waals surface area contributed by atoms with Crippen LogP contribution in [0.1, 0.15) is 5.56 Å². The van der Waals surface area contributed by atoms with E-state index in [9.17, 15) is 4.39 Å². The molecule has 1 fully saturated rings. The molecule has 0 spiro atoms. The maximum absolute atomic E-state index is 13.6. The largest absolute Gasteiger partial charge is 0.378 e. The highest BCUT2D eigenvalue weighted by atomic mass is 79.9. The van der Waals surface area contributed by atoms with Crippen LogP contribution in [0.25, 0.3) is 0 Å². The Hall–Kier alpha value is -0.490. The number of halogens is 2. The Morgan fingerprint density at radius 1 is 1.53 bits per heavy atom. The van der Waals surface area contributed by atoms with E-state index in [-0.39, 0.29) is 5.82 Å². The average molecular weight is 331 g/mol. The highest BCUT2D eigenvalue weighted by Crippen LogP contribution is 2.16. The molecule has 1 atom stereocenters. The van der Waals surface area contributed by atoms with E-state index in [0.29, 0.717) is 6.04 Å². The van der Waals surface area contributed by atoms with Gasteiger partial charge >= 0.3 is 0 Å². The van der Waals surface area contributed by atoms with Gasteiger partial charge in [0.2, 0.25) is 0 Å². The minimum atomic E-state index is -0.129. The molecule has 0 saturated carbocycles. The monoisotopic (exact) mass is 330 g/mol. The molecule has 3 nitrogen and oxygen atoms in total. The molecule has 1 heterocycles. The molecule has 2 rings (SSSR count). The number of hydrogen-bond donors (Lipinski definition) is 1. The Labute approximate surface area is 122 Å². The lowest BCUT2D eigenvalue weighted by molar-refractivity contribution is 0.0654. The first-order chi connectivity index (χ1) is 9.15. The summed E-state index contributed by atoms with van der Waals surface area (Å²) in [6.45, 7) is 4.24. The second-order valence-electron chi connectivity index (χ2n) is 4.97. The highest BCUT2D eigenvalue weighted by Gasteiger charge is 2.15. The summed E-state index contributed by atoms with van der Waals surface area (Å²) in [7, 11) is 2.06. The first-order valence-electron chi connectivity index (χ1n) is 6.59. The fourth-order valence-electron chi connectivity index (χ4n) is 2.25. The van der Waals surface area contributed by atoms with Crippen LogP contribution >= 0.6 is 15.9 Å². The van der Waals surface area contributed by atoms with E-state index in [0.717, 1.165) is 49.3 Å². The normalized spacial score (nSPS) is 19.9. The van der Waals surface area contributed by atoms with Gasteiger partial charge in [0.25, 0.3) is 0 Å². The number of ether oxygens (including phenoxy) is 1. The number of hydrogen-bond acceptors (Lipinski definition) is 3. The number of benzene rings is 1. The highest BCUT2D eigenvalue weighted by molar-refractivity contribution is 9.10. The summed E-state index contributed by atoms with van der Waals surface area (Å²) in [5.74, 6) is -0.129. The third-order valence-corrected chi connectivity index (χ3v) is 3.79. The van der Waals surface area contributed by atoms with Gasteiger partial charge in [0.15, 0.2) is 0 Å². The molecule has 0 aliphatic carbocycles. The van der Waals surface area contributed by atoms with Crippen molar-refractivity contribution in [3.8, 4) is 0 Å². The Morgan fingerprint density at radius 2 is 2.37 bits per heavy atom. The summed E-state index contributed by atoms with van der Waals surface area (Å²) in [5, 5.41) is 3.42. The standard InChI is InChI=1S/C14H20BrFN2O/c1-18(9-13-10-19-7-5-17-13)6-4-11-8-12(15)2-3-14(11)16/h2-3,8,13,17H,4-7,9-10H2,1H3. The Morgan fingerprint density at radius 3 is 3.11 bits per heavy atom. The maximum Gasteiger partial charge on any atom is 0.126 e. The van der Waals surface area contributed by atoms with Crippen LogP contribution in [0.15, 0.2) is 22.7 Å². The topological polar surface area (TPSA) is 24.5 Å². The molecule has 0 aromatic heterocycles. The zero-order chi connectivity index (χ0) is 13.7. The van der Waals surface area contributed by atoms with Gasteiger partial charge in [0.1, 0.15) is 5.82 Å². The van der Waals surface area contributed by atoms with E-state index in [1.165, 1.54) is 6.07 Å². The first kappa shape index (κ1) is 14.9. The molecule has 1 unspecified atom stereocenters. The van der Waals surface area contributed by atoms with Crippen LogP contribution in [-0.4, -0.2) is 50.8 Å². The minimum Gasteiger partial charge on any atom is -0.378 e. The average Bonchev–Trinajstić information content (AvgIpc) is 2.41. The second kappa shape index (κ2) is 7.33. The van der Waals surface area contributed by atoms with Crippen LogP contribution in [0, 0.1) is 5.82 Å². The maximum atomic E-state index is 13.6. The van der Waals surface area contributed by atoms with Crippen molar-refractivity contribution in [2.75, 3.05) is 39.9 Å². The smallest absolute Gasteiger partial charge is 0.126 e. The van der Waals surface area contributed by atoms with E-state index in [1.54, 1.807) is 6.07 Å². The van der Waals surface area contributed by atoms with Gasteiger partial charge in [-0.15, -0.1) is 0 Å². The molecule has 1 aliphatic heterocycles. The number of rotatable bonds is 5. The minimum absolute atomic E-state index is 0.129. The zero-order valence-corrected chi connectivity index (χ0v) is 12.7. The number of morpholine rings is 1. The fourth-order valence-corrected chi connectivity index (χ4v) is 2.66. The van der Waals surface area contributed by atoms with E-state index in [1.807, 2.05) is 6.07 Å². The van der Waals surface area contributed by atoms with Crippen molar-refractivity contribution in [2.24, 2.45) is 0 Å². The Bertz CT molecular complexity index is 410. The lowest BCUT2D eigenvalue weighted by atomic mass is 10.1. The molecule has 1 aromatic carbocycles. The second-order valence-corrected chi connectivity index (χ2v) is 5.89. The third-order valence-electron chi connectivity index (χ3n) is 3.30. The lowest BCUT2D eigenvalue weighted by Crippen LogP contribution is -2.47. The van der Waals surface area contributed by atoms with E-state index in [4.69, 9.17) is 4.74 Å².